The minimum Gasteiger partial charge on any atom is -0.493 e. The third kappa shape index (κ3) is 5.73. The highest BCUT2D eigenvalue weighted by Gasteiger charge is 2.25. The molecule has 0 atom stereocenters. The number of benzene rings is 3. The van der Waals surface area contributed by atoms with Crippen LogP contribution in [-0.4, -0.2) is 38.3 Å². The number of ether oxygens (including phenoxy) is 4. The van der Waals surface area contributed by atoms with Gasteiger partial charge in [0.25, 0.3) is 11.6 Å². The van der Waals surface area contributed by atoms with Crippen molar-refractivity contribution in [3.8, 4) is 23.0 Å². The molecule has 0 aliphatic rings. The lowest BCUT2D eigenvalue weighted by atomic mass is 10.1. The van der Waals surface area contributed by atoms with Crippen LogP contribution in [0.1, 0.15) is 10.4 Å². The van der Waals surface area contributed by atoms with Crippen molar-refractivity contribution in [3.63, 3.8) is 0 Å². The molecule has 3 aromatic rings. The smallest absolute Gasteiger partial charge is 0.286 e. The van der Waals surface area contributed by atoms with Gasteiger partial charge in [-0.3, -0.25) is 14.9 Å². The normalized spacial score (nSPS) is 10.3. The number of hydrogen-bond donors (Lipinski definition) is 1. The number of nitro groups is 1. The Morgan fingerprint density at radius 1 is 0.938 bits per heavy atom. The van der Waals surface area contributed by atoms with E-state index in [1.807, 2.05) is 30.3 Å². The number of rotatable bonds is 10. The van der Waals surface area contributed by atoms with Crippen molar-refractivity contribution in [1.29, 1.82) is 0 Å². The molecule has 0 spiro atoms. The summed E-state index contributed by atoms with van der Waals surface area (Å²) in [5.74, 6) is 0.952. The van der Waals surface area contributed by atoms with Gasteiger partial charge in [0, 0.05) is 18.9 Å². The fourth-order valence-electron chi connectivity index (χ4n) is 2.82. The van der Waals surface area contributed by atoms with Gasteiger partial charge in [-0.25, -0.2) is 0 Å². The molecule has 0 aromatic heterocycles. The molecular formula is C23H22N2O7. The average molecular weight is 438 g/mol. The predicted octanol–water partition coefficient (Wildman–Crippen LogP) is 4.67. The van der Waals surface area contributed by atoms with Crippen molar-refractivity contribution in [2.45, 2.75) is 0 Å². The molecule has 3 rings (SSSR count). The lowest BCUT2D eigenvalue weighted by Crippen LogP contribution is -2.15. The van der Waals surface area contributed by atoms with Gasteiger partial charge in [-0.15, -0.1) is 0 Å². The zero-order valence-corrected chi connectivity index (χ0v) is 17.6. The van der Waals surface area contributed by atoms with E-state index >= 15 is 0 Å². The van der Waals surface area contributed by atoms with Crippen LogP contribution < -0.4 is 19.5 Å². The minimum absolute atomic E-state index is 0.148. The number of hydrogen-bond acceptors (Lipinski definition) is 7. The number of para-hydroxylation sites is 1. The van der Waals surface area contributed by atoms with Crippen LogP contribution in [0.4, 0.5) is 11.4 Å². The van der Waals surface area contributed by atoms with E-state index in [-0.39, 0.29) is 23.7 Å². The third-order valence-electron chi connectivity index (χ3n) is 4.36. The van der Waals surface area contributed by atoms with Crippen LogP contribution in [-0.2, 0) is 4.74 Å². The van der Waals surface area contributed by atoms with E-state index in [4.69, 9.17) is 18.9 Å². The Balaban J connectivity index is 1.78. The van der Waals surface area contributed by atoms with E-state index in [1.165, 1.54) is 26.4 Å². The molecule has 1 N–H and O–H groups in total. The molecule has 9 nitrogen and oxygen atoms in total. The second-order valence-electron chi connectivity index (χ2n) is 6.51. The number of amides is 1. The minimum atomic E-state index is -0.657. The number of methoxy groups -OCH3 is 2. The number of nitrogens with one attached hydrogen (secondary N) is 1. The van der Waals surface area contributed by atoms with Crippen LogP contribution in [0.5, 0.6) is 23.0 Å². The molecule has 0 saturated carbocycles. The first-order valence-corrected chi connectivity index (χ1v) is 9.64. The molecule has 3 aromatic carbocycles. The number of carbonyl (C=O) groups excluding carboxylic acids is 1. The molecule has 1 amide bonds. The molecular weight excluding hydrogens is 416 g/mol. The summed E-state index contributed by atoms with van der Waals surface area (Å²) in [7, 11) is 2.90. The summed E-state index contributed by atoms with van der Waals surface area (Å²) >= 11 is 0. The second-order valence-corrected chi connectivity index (χ2v) is 6.51. The fourth-order valence-corrected chi connectivity index (χ4v) is 2.82. The molecule has 0 aliphatic heterocycles. The van der Waals surface area contributed by atoms with Crippen molar-refractivity contribution >= 4 is 17.3 Å². The summed E-state index contributed by atoms with van der Waals surface area (Å²) in [5.41, 5.74) is -0.112. The topological polar surface area (TPSA) is 109 Å². The maximum atomic E-state index is 12.8. The SMILES string of the molecule is COCCOc1cc([N+](=O)[O-])c(C(=O)Nc2ccc(Oc3ccccc3)cc2)cc1OC. The Morgan fingerprint density at radius 2 is 1.62 bits per heavy atom. The van der Waals surface area contributed by atoms with Gasteiger partial charge in [0.2, 0.25) is 0 Å². The average Bonchev–Trinajstić information content (AvgIpc) is 2.80. The highest BCUT2D eigenvalue weighted by molar-refractivity contribution is 6.07. The highest BCUT2D eigenvalue weighted by atomic mass is 16.6. The van der Waals surface area contributed by atoms with E-state index in [1.54, 1.807) is 24.3 Å². The number of anilines is 1. The van der Waals surface area contributed by atoms with Crippen LogP contribution in [0.2, 0.25) is 0 Å². The first-order chi connectivity index (χ1) is 15.5. The van der Waals surface area contributed by atoms with Gasteiger partial charge < -0.3 is 24.3 Å². The van der Waals surface area contributed by atoms with E-state index in [2.05, 4.69) is 5.32 Å². The number of carbonyl (C=O) groups is 1. The summed E-state index contributed by atoms with van der Waals surface area (Å²) in [6, 6.07) is 18.4. The molecule has 0 unspecified atom stereocenters. The van der Waals surface area contributed by atoms with Gasteiger partial charge in [0.15, 0.2) is 11.5 Å². The molecule has 0 radical (unpaired) electrons. The fraction of sp³-hybridized carbons (Fsp3) is 0.174. The van der Waals surface area contributed by atoms with Gasteiger partial charge in [0.1, 0.15) is 23.7 Å². The third-order valence-corrected chi connectivity index (χ3v) is 4.36. The monoisotopic (exact) mass is 438 g/mol. The Morgan fingerprint density at radius 3 is 2.25 bits per heavy atom. The van der Waals surface area contributed by atoms with Gasteiger partial charge >= 0.3 is 0 Å². The van der Waals surface area contributed by atoms with Crippen molar-refractivity contribution in [2.24, 2.45) is 0 Å². The zero-order chi connectivity index (χ0) is 22.9. The molecule has 0 bridgehead atoms. The van der Waals surface area contributed by atoms with E-state index in [9.17, 15) is 14.9 Å². The van der Waals surface area contributed by atoms with Crippen LogP contribution >= 0.6 is 0 Å². The van der Waals surface area contributed by atoms with Gasteiger partial charge in [-0.05, 0) is 36.4 Å². The van der Waals surface area contributed by atoms with Crippen LogP contribution in [0.25, 0.3) is 0 Å². The Labute approximate surface area is 184 Å². The quantitative estimate of drug-likeness (QED) is 0.278. The first-order valence-electron chi connectivity index (χ1n) is 9.64. The van der Waals surface area contributed by atoms with E-state index in [0.29, 0.717) is 23.8 Å². The van der Waals surface area contributed by atoms with Gasteiger partial charge in [-0.1, -0.05) is 18.2 Å². The Hall–Kier alpha value is -4.11. The molecule has 9 heteroatoms. The number of nitro benzene ring substituents is 1. The molecule has 32 heavy (non-hydrogen) atoms. The van der Waals surface area contributed by atoms with Crippen molar-refractivity contribution < 1.29 is 28.7 Å². The predicted molar refractivity (Wildman–Crippen MR) is 118 cm³/mol. The van der Waals surface area contributed by atoms with Crippen molar-refractivity contribution in [1.82, 2.24) is 0 Å². The van der Waals surface area contributed by atoms with Crippen LogP contribution in [0, 0.1) is 10.1 Å². The molecule has 0 saturated heterocycles. The molecule has 0 fully saturated rings. The summed E-state index contributed by atoms with van der Waals surface area (Å²) in [6.07, 6.45) is 0. The summed E-state index contributed by atoms with van der Waals surface area (Å²) in [5, 5.41) is 14.2. The van der Waals surface area contributed by atoms with E-state index < -0.39 is 16.5 Å². The highest BCUT2D eigenvalue weighted by Crippen LogP contribution is 2.35. The largest absolute Gasteiger partial charge is 0.493 e. The Bertz CT molecular complexity index is 1070. The summed E-state index contributed by atoms with van der Waals surface area (Å²) < 4.78 is 21.3. The maximum absolute atomic E-state index is 12.8. The summed E-state index contributed by atoms with van der Waals surface area (Å²) in [6.45, 7) is 0.468. The van der Waals surface area contributed by atoms with Crippen LogP contribution in [0.3, 0.4) is 0 Å². The standard InChI is InChI=1S/C23H22N2O7/c1-29-12-13-31-22-15-20(25(27)28)19(14-21(22)30-2)23(26)24-16-8-10-18(11-9-16)32-17-6-4-3-5-7-17/h3-11,14-15H,12-13H2,1-2H3,(H,24,26). The lowest BCUT2D eigenvalue weighted by molar-refractivity contribution is -0.385. The molecule has 0 aliphatic carbocycles. The summed E-state index contributed by atoms with van der Waals surface area (Å²) in [4.78, 5) is 23.7. The van der Waals surface area contributed by atoms with Gasteiger partial charge in [-0.2, -0.15) is 0 Å². The second kappa shape index (κ2) is 10.8. The maximum Gasteiger partial charge on any atom is 0.286 e. The van der Waals surface area contributed by atoms with Crippen LogP contribution in [0.15, 0.2) is 66.7 Å². The van der Waals surface area contributed by atoms with Crippen molar-refractivity contribution in [3.05, 3.63) is 82.4 Å². The van der Waals surface area contributed by atoms with E-state index in [0.717, 1.165) is 0 Å². The number of nitrogens with zero attached hydrogens (tertiary/aromatic N) is 1. The zero-order valence-electron chi connectivity index (χ0n) is 17.6. The van der Waals surface area contributed by atoms with Gasteiger partial charge in [0.05, 0.1) is 24.7 Å². The first kappa shape index (κ1) is 22.6. The molecule has 166 valence electrons. The lowest BCUT2D eigenvalue weighted by Gasteiger charge is -2.13. The van der Waals surface area contributed by atoms with Crippen molar-refractivity contribution in [2.75, 3.05) is 32.8 Å². The Kier molecular flexibility index (Phi) is 7.60. The molecule has 0 heterocycles.